The number of rotatable bonds is 6. The van der Waals surface area contributed by atoms with Crippen LogP contribution in [-0.4, -0.2) is 36.2 Å². The molecule has 0 aromatic heterocycles. The second kappa shape index (κ2) is 6.59. The van der Waals surface area contributed by atoms with E-state index < -0.39 is 12.0 Å². The summed E-state index contributed by atoms with van der Waals surface area (Å²) in [6.45, 7) is 5.06. The first-order chi connectivity index (χ1) is 8.00. The Morgan fingerprint density at radius 2 is 2.18 bits per heavy atom. The average molecular weight is 243 g/mol. The monoisotopic (exact) mass is 243 g/mol. The number of nitrogens with one attached hydrogen (secondary N) is 1. The SMILES string of the molecule is CC(C)[C@H](NC(=O)CCC1CCOC1)C(=O)O. The molecule has 0 aliphatic carbocycles. The Hall–Kier alpha value is -1.10. The van der Waals surface area contributed by atoms with Crippen LogP contribution in [0.5, 0.6) is 0 Å². The Morgan fingerprint density at radius 1 is 1.47 bits per heavy atom. The molecule has 1 saturated heterocycles. The minimum atomic E-state index is -0.974. The highest BCUT2D eigenvalue weighted by Crippen LogP contribution is 2.17. The fourth-order valence-corrected chi connectivity index (χ4v) is 1.91. The van der Waals surface area contributed by atoms with Gasteiger partial charge in [-0.05, 0) is 24.7 Å². The van der Waals surface area contributed by atoms with Gasteiger partial charge in [0, 0.05) is 19.6 Å². The lowest BCUT2D eigenvalue weighted by Crippen LogP contribution is -2.44. The van der Waals surface area contributed by atoms with Gasteiger partial charge in [-0.1, -0.05) is 13.8 Å². The zero-order valence-corrected chi connectivity index (χ0v) is 10.4. The molecule has 1 aliphatic rings. The van der Waals surface area contributed by atoms with Crippen LogP contribution < -0.4 is 5.32 Å². The summed E-state index contributed by atoms with van der Waals surface area (Å²) in [6, 6.07) is -0.790. The zero-order valence-electron chi connectivity index (χ0n) is 10.4. The maximum absolute atomic E-state index is 11.6. The van der Waals surface area contributed by atoms with E-state index in [1.54, 1.807) is 13.8 Å². The van der Waals surface area contributed by atoms with Crippen molar-refractivity contribution in [3.05, 3.63) is 0 Å². The predicted octanol–water partition coefficient (Wildman–Crippen LogP) is 1.03. The molecule has 2 N–H and O–H groups in total. The van der Waals surface area contributed by atoms with Gasteiger partial charge in [0.05, 0.1) is 0 Å². The molecule has 0 radical (unpaired) electrons. The van der Waals surface area contributed by atoms with Gasteiger partial charge in [-0.25, -0.2) is 4.79 Å². The van der Waals surface area contributed by atoms with Crippen molar-refractivity contribution in [2.75, 3.05) is 13.2 Å². The van der Waals surface area contributed by atoms with Gasteiger partial charge < -0.3 is 15.2 Å². The summed E-state index contributed by atoms with van der Waals surface area (Å²) < 4.78 is 5.22. The maximum atomic E-state index is 11.6. The van der Waals surface area contributed by atoms with E-state index in [-0.39, 0.29) is 11.8 Å². The highest BCUT2D eigenvalue weighted by Gasteiger charge is 2.24. The molecule has 5 nitrogen and oxygen atoms in total. The van der Waals surface area contributed by atoms with E-state index in [2.05, 4.69) is 5.32 Å². The molecular weight excluding hydrogens is 222 g/mol. The summed E-state index contributed by atoms with van der Waals surface area (Å²) in [4.78, 5) is 22.5. The highest BCUT2D eigenvalue weighted by molar-refractivity contribution is 5.83. The van der Waals surface area contributed by atoms with E-state index in [1.165, 1.54) is 0 Å². The number of hydrogen-bond donors (Lipinski definition) is 2. The molecule has 0 aromatic carbocycles. The van der Waals surface area contributed by atoms with Crippen LogP contribution in [0.4, 0.5) is 0 Å². The Balaban J connectivity index is 2.29. The molecule has 0 saturated carbocycles. The van der Waals surface area contributed by atoms with Gasteiger partial charge in [-0.3, -0.25) is 4.79 Å². The minimum Gasteiger partial charge on any atom is -0.480 e. The van der Waals surface area contributed by atoms with Gasteiger partial charge in [0.15, 0.2) is 0 Å². The van der Waals surface area contributed by atoms with Crippen LogP contribution in [0.1, 0.15) is 33.1 Å². The first-order valence-corrected chi connectivity index (χ1v) is 6.10. The van der Waals surface area contributed by atoms with Gasteiger partial charge in [-0.2, -0.15) is 0 Å². The quantitative estimate of drug-likeness (QED) is 0.730. The van der Waals surface area contributed by atoms with Crippen molar-refractivity contribution in [1.82, 2.24) is 5.32 Å². The molecule has 2 atom stereocenters. The number of carboxylic acids is 1. The van der Waals surface area contributed by atoms with Crippen molar-refractivity contribution in [3.8, 4) is 0 Å². The Kier molecular flexibility index (Phi) is 5.41. The summed E-state index contributed by atoms with van der Waals surface area (Å²) in [6.07, 6.45) is 2.15. The Morgan fingerprint density at radius 3 is 2.65 bits per heavy atom. The molecule has 0 spiro atoms. The molecule has 98 valence electrons. The summed E-state index contributed by atoms with van der Waals surface area (Å²) in [5, 5.41) is 11.5. The largest absolute Gasteiger partial charge is 0.480 e. The van der Waals surface area contributed by atoms with Crippen molar-refractivity contribution >= 4 is 11.9 Å². The van der Waals surface area contributed by atoms with Crippen LogP contribution in [0.25, 0.3) is 0 Å². The second-order valence-electron chi connectivity index (χ2n) is 4.90. The fourth-order valence-electron chi connectivity index (χ4n) is 1.91. The van der Waals surface area contributed by atoms with E-state index in [1.807, 2.05) is 0 Å². The summed E-state index contributed by atoms with van der Waals surface area (Å²) >= 11 is 0. The molecule has 1 fully saturated rings. The number of ether oxygens (including phenoxy) is 1. The summed E-state index contributed by atoms with van der Waals surface area (Å²) in [7, 11) is 0. The molecule has 5 heteroatoms. The topological polar surface area (TPSA) is 75.6 Å². The van der Waals surface area contributed by atoms with Crippen molar-refractivity contribution < 1.29 is 19.4 Å². The third-order valence-corrected chi connectivity index (χ3v) is 3.05. The van der Waals surface area contributed by atoms with E-state index in [9.17, 15) is 9.59 Å². The van der Waals surface area contributed by atoms with Crippen LogP contribution in [0.3, 0.4) is 0 Å². The van der Waals surface area contributed by atoms with Crippen LogP contribution in [0.2, 0.25) is 0 Å². The molecule has 1 heterocycles. The standard InChI is InChI=1S/C12H21NO4/c1-8(2)11(12(15)16)13-10(14)4-3-9-5-6-17-7-9/h8-9,11H,3-7H2,1-2H3,(H,13,14)(H,15,16)/t9?,11-/m0/s1. The van der Waals surface area contributed by atoms with Crippen LogP contribution in [0, 0.1) is 11.8 Å². The van der Waals surface area contributed by atoms with Gasteiger partial charge in [0.2, 0.25) is 5.91 Å². The number of hydrogen-bond acceptors (Lipinski definition) is 3. The van der Waals surface area contributed by atoms with Crippen LogP contribution >= 0.6 is 0 Å². The van der Waals surface area contributed by atoms with E-state index in [0.717, 1.165) is 26.1 Å². The van der Waals surface area contributed by atoms with Gasteiger partial charge in [0.25, 0.3) is 0 Å². The molecule has 17 heavy (non-hydrogen) atoms. The molecule has 1 rings (SSSR count). The van der Waals surface area contributed by atoms with Crippen molar-refractivity contribution in [2.45, 2.75) is 39.2 Å². The predicted molar refractivity (Wildman–Crippen MR) is 62.6 cm³/mol. The second-order valence-corrected chi connectivity index (χ2v) is 4.90. The smallest absolute Gasteiger partial charge is 0.326 e. The number of carbonyl (C=O) groups excluding carboxylic acids is 1. The molecule has 0 bridgehead atoms. The first-order valence-electron chi connectivity index (χ1n) is 6.10. The molecule has 0 aromatic rings. The number of carbonyl (C=O) groups is 2. The number of aliphatic carboxylic acids is 1. The lowest BCUT2D eigenvalue weighted by Gasteiger charge is -2.18. The third-order valence-electron chi connectivity index (χ3n) is 3.05. The average Bonchev–Trinajstić information content (AvgIpc) is 2.74. The third kappa shape index (κ3) is 4.73. The van der Waals surface area contributed by atoms with Crippen molar-refractivity contribution in [2.24, 2.45) is 11.8 Å². The summed E-state index contributed by atoms with van der Waals surface area (Å²) in [5.41, 5.74) is 0. The maximum Gasteiger partial charge on any atom is 0.326 e. The van der Waals surface area contributed by atoms with Crippen LogP contribution in [-0.2, 0) is 14.3 Å². The highest BCUT2D eigenvalue weighted by atomic mass is 16.5. The normalized spacial score (nSPS) is 21.5. The molecule has 1 unspecified atom stereocenters. The molecular formula is C12H21NO4. The molecule has 1 aliphatic heterocycles. The lowest BCUT2D eigenvalue weighted by molar-refractivity contribution is -0.143. The Bertz CT molecular complexity index is 272. The van der Waals surface area contributed by atoms with E-state index >= 15 is 0 Å². The Labute approximate surface area is 102 Å². The lowest BCUT2D eigenvalue weighted by atomic mass is 10.0. The van der Waals surface area contributed by atoms with E-state index in [4.69, 9.17) is 9.84 Å². The van der Waals surface area contributed by atoms with Gasteiger partial charge in [0.1, 0.15) is 6.04 Å². The minimum absolute atomic E-state index is 0.105. The zero-order chi connectivity index (χ0) is 12.8. The first kappa shape index (κ1) is 14.0. The van der Waals surface area contributed by atoms with Gasteiger partial charge in [-0.15, -0.1) is 0 Å². The number of amides is 1. The summed E-state index contributed by atoms with van der Waals surface area (Å²) in [5.74, 6) is -0.815. The van der Waals surface area contributed by atoms with Crippen LogP contribution in [0.15, 0.2) is 0 Å². The fraction of sp³-hybridized carbons (Fsp3) is 0.833. The van der Waals surface area contributed by atoms with Crippen molar-refractivity contribution in [3.63, 3.8) is 0 Å². The van der Waals surface area contributed by atoms with Crippen molar-refractivity contribution in [1.29, 1.82) is 0 Å². The molecule has 1 amide bonds. The van der Waals surface area contributed by atoms with E-state index in [0.29, 0.717) is 12.3 Å². The number of carboxylic acid groups (broad SMARTS) is 1. The van der Waals surface area contributed by atoms with Gasteiger partial charge >= 0.3 is 5.97 Å².